The van der Waals surface area contributed by atoms with Crippen molar-refractivity contribution >= 4 is 21.9 Å². The van der Waals surface area contributed by atoms with Crippen molar-refractivity contribution < 1.29 is 22.7 Å². The van der Waals surface area contributed by atoms with Gasteiger partial charge in [0.25, 0.3) is 5.89 Å². The molecule has 2 aromatic rings. The molecule has 0 aliphatic rings. The van der Waals surface area contributed by atoms with Crippen LogP contribution >= 0.6 is 15.9 Å². The van der Waals surface area contributed by atoms with Gasteiger partial charge in [-0.2, -0.15) is 8.78 Å². The van der Waals surface area contributed by atoms with E-state index in [0.717, 1.165) is 0 Å². The second-order valence-electron chi connectivity index (χ2n) is 3.74. The van der Waals surface area contributed by atoms with Crippen LogP contribution in [0.4, 0.5) is 8.78 Å². The Morgan fingerprint density at radius 3 is 2.75 bits per heavy atom. The van der Waals surface area contributed by atoms with Crippen LogP contribution in [0.25, 0.3) is 11.5 Å². The zero-order valence-corrected chi connectivity index (χ0v) is 11.9. The van der Waals surface area contributed by atoms with Crippen molar-refractivity contribution in [2.24, 2.45) is 0 Å². The Bertz CT molecular complexity index is 631. The van der Waals surface area contributed by atoms with Gasteiger partial charge in [0, 0.05) is 10.9 Å². The normalized spacial score (nSPS) is 10.8. The van der Waals surface area contributed by atoms with Gasteiger partial charge in [-0.05, 0) is 17.7 Å². The van der Waals surface area contributed by atoms with E-state index >= 15 is 0 Å². The molecule has 0 amide bonds. The number of halogens is 3. The summed E-state index contributed by atoms with van der Waals surface area (Å²) in [5.41, 5.74) is 1.38. The Balaban J connectivity index is 2.44. The van der Waals surface area contributed by atoms with E-state index in [0.29, 0.717) is 22.0 Å². The monoisotopic (exact) mass is 346 g/mol. The van der Waals surface area contributed by atoms with Crippen molar-refractivity contribution in [3.05, 3.63) is 35.2 Å². The fraction of sp³-hybridized carbons (Fsp3) is 0.250. The van der Waals surface area contributed by atoms with Crippen LogP contribution in [-0.4, -0.2) is 23.3 Å². The highest BCUT2D eigenvalue weighted by Gasteiger charge is 2.19. The van der Waals surface area contributed by atoms with Gasteiger partial charge in [0.15, 0.2) is 0 Å². The summed E-state index contributed by atoms with van der Waals surface area (Å²) < 4.78 is 34.3. The highest BCUT2D eigenvalue weighted by atomic mass is 79.9. The van der Waals surface area contributed by atoms with Crippen molar-refractivity contribution in [3.63, 3.8) is 0 Å². The lowest BCUT2D eigenvalue weighted by Crippen LogP contribution is -2.05. The lowest BCUT2D eigenvalue weighted by molar-refractivity contribution is 0.0600. The average molecular weight is 347 g/mol. The van der Waals surface area contributed by atoms with Crippen LogP contribution in [0.5, 0.6) is 0 Å². The third-order valence-corrected chi connectivity index (χ3v) is 3.14. The topological polar surface area (TPSA) is 65.2 Å². The van der Waals surface area contributed by atoms with E-state index in [4.69, 9.17) is 4.42 Å². The van der Waals surface area contributed by atoms with Crippen molar-refractivity contribution in [2.75, 3.05) is 7.11 Å². The first kappa shape index (κ1) is 14.6. The quantitative estimate of drug-likeness (QED) is 0.627. The van der Waals surface area contributed by atoms with Gasteiger partial charge in [0.1, 0.15) is 0 Å². The molecule has 0 unspecified atom stereocenters. The molecule has 8 heteroatoms. The minimum Gasteiger partial charge on any atom is -0.465 e. The average Bonchev–Trinajstić information content (AvgIpc) is 2.95. The Morgan fingerprint density at radius 2 is 2.20 bits per heavy atom. The number of hydrogen-bond acceptors (Lipinski definition) is 5. The van der Waals surface area contributed by atoms with Crippen LogP contribution in [0.2, 0.25) is 0 Å². The molecule has 1 heterocycles. The second-order valence-corrected chi connectivity index (χ2v) is 4.30. The molecular formula is C12H9BrF2N2O3. The smallest absolute Gasteiger partial charge is 0.338 e. The van der Waals surface area contributed by atoms with Crippen molar-refractivity contribution in [2.45, 2.75) is 11.8 Å². The lowest BCUT2D eigenvalue weighted by Gasteiger charge is -2.06. The number of esters is 1. The molecule has 2 rings (SSSR count). The zero-order chi connectivity index (χ0) is 14.7. The molecule has 1 aromatic carbocycles. The maximum absolute atomic E-state index is 12.4. The maximum atomic E-state index is 12.4. The van der Waals surface area contributed by atoms with Crippen LogP contribution in [0.1, 0.15) is 28.2 Å². The number of nitrogens with zero attached hydrogens (tertiary/aromatic N) is 2. The number of carbonyl (C=O) groups is 1. The summed E-state index contributed by atoms with van der Waals surface area (Å²) in [6.45, 7) is 0. The van der Waals surface area contributed by atoms with Crippen molar-refractivity contribution in [3.8, 4) is 11.5 Å². The largest absolute Gasteiger partial charge is 0.465 e. The van der Waals surface area contributed by atoms with Crippen molar-refractivity contribution in [1.29, 1.82) is 0 Å². The number of benzene rings is 1. The molecule has 106 valence electrons. The summed E-state index contributed by atoms with van der Waals surface area (Å²) >= 11 is 3.25. The van der Waals surface area contributed by atoms with Crippen LogP contribution in [-0.2, 0) is 10.1 Å². The number of alkyl halides is 3. The van der Waals surface area contributed by atoms with E-state index < -0.39 is 18.3 Å². The van der Waals surface area contributed by atoms with Crippen LogP contribution in [0.3, 0.4) is 0 Å². The zero-order valence-electron chi connectivity index (χ0n) is 10.3. The first-order chi connectivity index (χ1) is 9.56. The number of carbonyl (C=O) groups excluding carboxylic acids is 1. The van der Waals surface area contributed by atoms with Crippen LogP contribution in [0, 0.1) is 0 Å². The molecule has 0 atom stereocenters. The number of ether oxygens (including phenoxy) is 1. The summed E-state index contributed by atoms with van der Waals surface area (Å²) in [4.78, 5) is 11.7. The standard InChI is InChI=1S/C12H9BrF2N2O3/c1-19-12(18)8-4-6(2-3-7(8)5-13)10-16-17-11(20-10)9(14)15/h2-4,9H,5H2,1H3. The molecule has 0 spiro atoms. The molecule has 0 radical (unpaired) electrons. The van der Waals surface area contributed by atoms with Crippen LogP contribution in [0.15, 0.2) is 22.6 Å². The summed E-state index contributed by atoms with van der Waals surface area (Å²) in [7, 11) is 1.26. The Kier molecular flexibility index (Phi) is 4.43. The second kappa shape index (κ2) is 6.08. The number of aromatic nitrogens is 2. The van der Waals surface area contributed by atoms with E-state index in [1.54, 1.807) is 12.1 Å². The minimum atomic E-state index is -2.84. The Hall–Kier alpha value is -1.83. The highest BCUT2D eigenvalue weighted by Crippen LogP contribution is 2.26. The van der Waals surface area contributed by atoms with E-state index in [-0.39, 0.29) is 5.89 Å². The van der Waals surface area contributed by atoms with Gasteiger partial charge in [-0.25, -0.2) is 4.79 Å². The molecule has 0 aliphatic carbocycles. The molecule has 0 aliphatic heterocycles. The predicted molar refractivity (Wildman–Crippen MR) is 68.7 cm³/mol. The third-order valence-electron chi connectivity index (χ3n) is 2.53. The molecule has 0 bridgehead atoms. The van der Waals surface area contributed by atoms with Crippen LogP contribution < -0.4 is 0 Å². The molecule has 20 heavy (non-hydrogen) atoms. The van der Waals surface area contributed by atoms with E-state index in [1.165, 1.54) is 13.2 Å². The van der Waals surface area contributed by atoms with E-state index in [9.17, 15) is 13.6 Å². The summed E-state index contributed by atoms with van der Waals surface area (Å²) in [6.07, 6.45) is -2.84. The van der Waals surface area contributed by atoms with Gasteiger partial charge in [-0.15, -0.1) is 10.2 Å². The number of methoxy groups -OCH3 is 1. The number of rotatable bonds is 4. The van der Waals surface area contributed by atoms with Gasteiger partial charge in [0.2, 0.25) is 5.89 Å². The van der Waals surface area contributed by atoms with Crippen molar-refractivity contribution in [1.82, 2.24) is 10.2 Å². The third kappa shape index (κ3) is 2.84. The molecule has 0 saturated heterocycles. The summed E-state index contributed by atoms with van der Waals surface area (Å²) in [6, 6.07) is 4.72. The molecule has 0 N–H and O–H groups in total. The summed E-state index contributed by atoms with van der Waals surface area (Å²) in [5, 5.41) is 7.21. The lowest BCUT2D eigenvalue weighted by atomic mass is 10.1. The van der Waals surface area contributed by atoms with E-state index in [1.807, 2.05) is 0 Å². The van der Waals surface area contributed by atoms with E-state index in [2.05, 4.69) is 30.9 Å². The Morgan fingerprint density at radius 1 is 1.45 bits per heavy atom. The minimum absolute atomic E-state index is 0.0772. The first-order valence-electron chi connectivity index (χ1n) is 5.46. The maximum Gasteiger partial charge on any atom is 0.338 e. The highest BCUT2D eigenvalue weighted by molar-refractivity contribution is 9.08. The molecule has 5 nitrogen and oxygen atoms in total. The van der Waals surface area contributed by atoms with Gasteiger partial charge in [-0.1, -0.05) is 22.0 Å². The van der Waals surface area contributed by atoms with Gasteiger partial charge >= 0.3 is 12.4 Å². The first-order valence-corrected chi connectivity index (χ1v) is 6.58. The van der Waals surface area contributed by atoms with Gasteiger partial charge < -0.3 is 9.15 Å². The van der Waals surface area contributed by atoms with Gasteiger partial charge in [-0.3, -0.25) is 0 Å². The predicted octanol–water partition coefficient (Wildman–Crippen LogP) is 3.36. The molecule has 1 aromatic heterocycles. The molecular weight excluding hydrogens is 338 g/mol. The summed E-state index contributed by atoms with van der Waals surface area (Å²) in [5.74, 6) is -1.37. The fourth-order valence-electron chi connectivity index (χ4n) is 1.57. The number of hydrogen-bond donors (Lipinski definition) is 0. The fourth-order valence-corrected chi connectivity index (χ4v) is 2.05. The van der Waals surface area contributed by atoms with Gasteiger partial charge in [0.05, 0.1) is 12.7 Å². The molecule has 0 fully saturated rings. The Labute approximate surface area is 121 Å². The SMILES string of the molecule is COC(=O)c1cc(-c2nnc(C(F)F)o2)ccc1CBr. The molecule has 0 saturated carbocycles.